The monoisotopic (exact) mass is 633 g/mol. The minimum Gasteiger partial charge on any atom is -0.465 e. The molecule has 0 saturated carbocycles. The summed E-state index contributed by atoms with van der Waals surface area (Å²) in [4.78, 5) is 77.1. The van der Waals surface area contributed by atoms with E-state index in [1.165, 1.54) is 35.3 Å². The summed E-state index contributed by atoms with van der Waals surface area (Å²) in [6, 6.07) is 11.5. The topological polar surface area (TPSA) is 174 Å². The van der Waals surface area contributed by atoms with Crippen LogP contribution < -0.4 is 21.1 Å². The third-order valence-electron chi connectivity index (χ3n) is 7.90. The molecule has 2 aliphatic rings. The van der Waals surface area contributed by atoms with Crippen LogP contribution in [0.25, 0.3) is 0 Å². The molecule has 4 N–H and O–H groups in total. The molecule has 0 radical (unpaired) electrons. The fourth-order valence-electron chi connectivity index (χ4n) is 5.64. The smallest absolute Gasteiger partial charge is 0.405 e. The van der Waals surface area contributed by atoms with E-state index in [1.807, 2.05) is 12.3 Å². The van der Waals surface area contributed by atoms with E-state index >= 15 is 0 Å². The Morgan fingerprint density at radius 2 is 1.82 bits per heavy atom. The summed E-state index contributed by atoms with van der Waals surface area (Å²) >= 11 is 1.50. The summed E-state index contributed by atoms with van der Waals surface area (Å²) in [5, 5.41) is 14.4. The van der Waals surface area contributed by atoms with E-state index in [-0.39, 0.29) is 41.4 Å². The number of carbonyl (C=O) groups is 5. The molecular weight excluding hydrogens is 598 g/mol. The van der Waals surface area contributed by atoms with Gasteiger partial charge in [0.05, 0.1) is 6.04 Å². The maximum atomic E-state index is 13.9. The van der Waals surface area contributed by atoms with Crippen LogP contribution in [0.15, 0.2) is 47.8 Å². The number of carboxylic acid groups (broad SMARTS) is 1. The van der Waals surface area contributed by atoms with Gasteiger partial charge < -0.3 is 15.3 Å². The second-order valence-corrected chi connectivity index (χ2v) is 12.3. The quantitative estimate of drug-likeness (QED) is 0.273. The van der Waals surface area contributed by atoms with Crippen molar-refractivity contribution in [1.29, 1.82) is 0 Å². The fraction of sp³-hybridized carbons (Fsp3) is 0.387. The molecule has 0 aliphatic carbocycles. The predicted molar refractivity (Wildman–Crippen MR) is 166 cm³/mol. The lowest BCUT2D eigenvalue weighted by Crippen LogP contribution is -2.61. The zero-order valence-electron chi connectivity index (χ0n) is 25.0. The molecule has 5 amide bonds. The molecule has 13 nitrogen and oxygen atoms in total. The van der Waals surface area contributed by atoms with Crippen LogP contribution in [0.5, 0.6) is 0 Å². The molecule has 2 aromatic heterocycles. The van der Waals surface area contributed by atoms with Crippen LogP contribution in [0.1, 0.15) is 82.2 Å². The highest BCUT2D eigenvalue weighted by Gasteiger charge is 2.37. The highest BCUT2D eigenvalue weighted by Crippen LogP contribution is 2.35. The molecule has 45 heavy (non-hydrogen) atoms. The molecule has 4 heterocycles. The molecule has 3 aromatic rings. The first-order valence-electron chi connectivity index (χ1n) is 14.8. The van der Waals surface area contributed by atoms with Crippen LogP contribution in [0, 0.1) is 6.92 Å². The molecule has 0 spiro atoms. The third kappa shape index (κ3) is 7.28. The Kier molecular flexibility index (Phi) is 9.42. The predicted octanol–water partition coefficient (Wildman–Crippen LogP) is 3.37. The maximum absolute atomic E-state index is 13.9. The number of hydrogen-bond donors (Lipinski definition) is 4. The van der Waals surface area contributed by atoms with Crippen molar-refractivity contribution in [3.63, 3.8) is 0 Å². The van der Waals surface area contributed by atoms with Gasteiger partial charge in [0.15, 0.2) is 0 Å². The number of anilines is 1. The van der Waals surface area contributed by atoms with Crippen molar-refractivity contribution in [3.05, 3.63) is 75.4 Å². The molecule has 14 heteroatoms. The number of rotatable bonds is 8. The van der Waals surface area contributed by atoms with Crippen molar-refractivity contribution in [1.82, 2.24) is 31.0 Å². The first-order chi connectivity index (χ1) is 21.5. The van der Waals surface area contributed by atoms with Gasteiger partial charge in [-0.3, -0.25) is 34.9 Å². The van der Waals surface area contributed by atoms with E-state index in [9.17, 15) is 29.1 Å². The van der Waals surface area contributed by atoms with Crippen molar-refractivity contribution in [2.24, 2.45) is 0 Å². The SMILES string of the molecule is Cc1csc([C@H]2CCCN2C(=O)c2cc(C(=O)NNC(=O)[C@@](C)(Cc3ccccc3)NC(=O)O)nc(N3CCCCC3=O)c2)n1. The van der Waals surface area contributed by atoms with Crippen LogP contribution in [0.3, 0.4) is 0 Å². The zero-order valence-corrected chi connectivity index (χ0v) is 25.9. The number of amides is 5. The number of likely N-dealkylation sites (tertiary alicyclic amines) is 1. The van der Waals surface area contributed by atoms with Gasteiger partial charge in [-0.05, 0) is 57.2 Å². The van der Waals surface area contributed by atoms with Crippen LogP contribution in [-0.2, 0) is 16.0 Å². The number of piperidine rings is 1. The average molecular weight is 634 g/mol. The minimum atomic E-state index is -1.63. The number of thiazole rings is 1. The summed E-state index contributed by atoms with van der Waals surface area (Å²) in [6.45, 7) is 4.21. The minimum absolute atomic E-state index is 0.0148. The first-order valence-corrected chi connectivity index (χ1v) is 15.6. The standard InChI is InChI=1S/C31H35N7O6S/c1-19-18-45-27(32-19)23-11-8-14-37(23)28(41)21-15-22(33-24(16-21)38-13-7-6-12-25(38)39)26(40)35-36-29(42)31(2,34-30(43)44)17-20-9-4-3-5-10-20/h3-5,9-10,15-16,18,23,34H,6-8,11-14,17H2,1-2H3,(H,35,40)(H,36,42)(H,43,44)/t23-,31-/m1/s1. The molecule has 5 rings (SSSR count). The van der Waals surface area contributed by atoms with Gasteiger partial charge in [0.1, 0.15) is 22.1 Å². The van der Waals surface area contributed by atoms with Crippen molar-refractivity contribution >= 4 is 46.9 Å². The van der Waals surface area contributed by atoms with E-state index in [0.29, 0.717) is 25.1 Å². The van der Waals surface area contributed by atoms with Gasteiger partial charge in [-0.15, -0.1) is 11.3 Å². The summed E-state index contributed by atoms with van der Waals surface area (Å²) < 4.78 is 0. The molecule has 2 saturated heterocycles. The maximum Gasteiger partial charge on any atom is 0.405 e. The van der Waals surface area contributed by atoms with Gasteiger partial charge in [-0.1, -0.05) is 30.3 Å². The Balaban J connectivity index is 1.40. The lowest BCUT2D eigenvalue weighted by molar-refractivity contribution is -0.127. The van der Waals surface area contributed by atoms with Gasteiger partial charge in [-0.25, -0.2) is 14.8 Å². The molecule has 236 valence electrons. The Bertz CT molecular complexity index is 1610. The Morgan fingerprint density at radius 3 is 2.51 bits per heavy atom. The third-order valence-corrected chi connectivity index (χ3v) is 8.96. The molecule has 2 aliphatic heterocycles. The van der Waals surface area contributed by atoms with Crippen LogP contribution in [0.4, 0.5) is 10.6 Å². The number of hydrazine groups is 1. The van der Waals surface area contributed by atoms with Crippen molar-refractivity contribution < 1.29 is 29.1 Å². The van der Waals surface area contributed by atoms with E-state index in [1.54, 1.807) is 35.2 Å². The van der Waals surface area contributed by atoms with E-state index < -0.39 is 23.4 Å². The van der Waals surface area contributed by atoms with Crippen LogP contribution in [0.2, 0.25) is 0 Å². The second kappa shape index (κ2) is 13.4. The lowest BCUT2D eigenvalue weighted by Gasteiger charge is -2.29. The number of aryl methyl sites for hydroxylation is 1. The number of nitrogens with zero attached hydrogens (tertiary/aromatic N) is 4. The molecule has 1 aromatic carbocycles. The van der Waals surface area contributed by atoms with Crippen molar-refractivity contribution in [2.75, 3.05) is 18.0 Å². The van der Waals surface area contributed by atoms with Gasteiger partial charge in [0.25, 0.3) is 17.7 Å². The zero-order chi connectivity index (χ0) is 32.1. The highest BCUT2D eigenvalue weighted by molar-refractivity contribution is 7.09. The highest BCUT2D eigenvalue weighted by atomic mass is 32.1. The summed E-state index contributed by atoms with van der Waals surface area (Å²) in [5.74, 6) is -1.96. The van der Waals surface area contributed by atoms with Gasteiger partial charge in [0.2, 0.25) is 5.91 Å². The van der Waals surface area contributed by atoms with Gasteiger partial charge in [0, 0.05) is 42.6 Å². The largest absolute Gasteiger partial charge is 0.465 e. The number of aromatic nitrogens is 2. The lowest BCUT2D eigenvalue weighted by atomic mass is 9.92. The summed E-state index contributed by atoms with van der Waals surface area (Å²) in [5.41, 5.74) is 4.55. The van der Waals surface area contributed by atoms with Crippen molar-refractivity contribution in [3.8, 4) is 0 Å². The molecule has 0 unspecified atom stereocenters. The fourth-order valence-corrected chi connectivity index (χ4v) is 6.58. The van der Waals surface area contributed by atoms with E-state index in [2.05, 4.69) is 26.1 Å². The Morgan fingerprint density at radius 1 is 1.04 bits per heavy atom. The molecule has 2 fully saturated rings. The normalized spacial score (nSPS) is 17.8. The van der Waals surface area contributed by atoms with Crippen LogP contribution in [-0.4, -0.2) is 68.3 Å². The average Bonchev–Trinajstić information content (AvgIpc) is 3.68. The second-order valence-electron chi connectivity index (χ2n) is 11.4. The molecule has 2 atom stereocenters. The van der Waals surface area contributed by atoms with E-state index in [4.69, 9.17) is 0 Å². The number of carbonyl (C=O) groups excluding carboxylic acids is 4. The first kappa shape index (κ1) is 31.6. The number of benzene rings is 1. The van der Waals surface area contributed by atoms with E-state index in [0.717, 1.165) is 36.4 Å². The Hall–Kier alpha value is -4.85. The number of nitrogens with one attached hydrogen (secondary N) is 3. The summed E-state index contributed by atoms with van der Waals surface area (Å²) in [7, 11) is 0. The Labute approximate surface area is 264 Å². The van der Waals surface area contributed by atoms with Crippen LogP contribution >= 0.6 is 11.3 Å². The number of pyridine rings is 1. The molecular formula is C31H35N7O6S. The summed E-state index contributed by atoms with van der Waals surface area (Å²) in [6.07, 6.45) is 1.97. The van der Waals surface area contributed by atoms with Gasteiger partial charge >= 0.3 is 6.09 Å². The van der Waals surface area contributed by atoms with Gasteiger partial charge in [-0.2, -0.15) is 0 Å². The van der Waals surface area contributed by atoms with Crippen molar-refractivity contribution in [2.45, 2.75) is 64.0 Å². The number of hydrogen-bond acceptors (Lipinski definition) is 8. The molecule has 0 bridgehead atoms.